The molecule has 0 N–H and O–H groups in total. The molecule has 0 spiro atoms. The second-order valence-electron chi connectivity index (χ2n) is 14.9. The minimum Gasteiger partial charge on any atom is -0.0654 e. The van der Waals surface area contributed by atoms with Crippen LogP contribution in [0.3, 0.4) is 0 Å². The minimum atomic E-state index is 0.741. The van der Waals surface area contributed by atoms with Crippen molar-refractivity contribution in [2.24, 2.45) is 40.9 Å². The van der Waals surface area contributed by atoms with Crippen molar-refractivity contribution < 1.29 is 0 Å². The first-order valence-electron chi connectivity index (χ1n) is 17.7. The van der Waals surface area contributed by atoms with E-state index >= 15 is 0 Å². The van der Waals surface area contributed by atoms with Crippen molar-refractivity contribution in [2.45, 2.75) is 187 Å². The summed E-state index contributed by atoms with van der Waals surface area (Å²) in [6, 6.07) is 0. The maximum Gasteiger partial charge on any atom is -0.0292 e. The molecule has 0 saturated heterocycles. The molecule has 4 fully saturated rings. The van der Waals surface area contributed by atoms with E-state index in [-0.39, 0.29) is 0 Å². The molecule has 0 aromatic heterocycles. The molecular formula is C36H66. The number of hydrogen-bond acceptors (Lipinski definition) is 0. The molecule has 0 heteroatoms. The number of rotatable bonds is 13. The lowest BCUT2D eigenvalue weighted by atomic mass is 9.58. The molecule has 0 atom stereocenters. The zero-order chi connectivity index (χ0) is 25.1. The summed E-state index contributed by atoms with van der Waals surface area (Å²) in [4.78, 5) is 0. The van der Waals surface area contributed by atoms with Crippen LogP contribution in [0.2, 0.25) is 0 Å². The third-order valence-corrected chi connectivity index (χ3v) is 12.2. The standard InChI is InChI=1S/C36H66/c1-3-5-8-12-30-16-20-32(21-17-30)28-36(26-24-35(25-27-36)34-14-10-7-11-15-34)29-33-22-18-31(19-23-33)13-9-6-4-2/h30-35H,3-29H2,1-2H3. The Kier molecular flexibility index (Phi) is 12.5. The predicted octanol–water partition coefficient (Wildman–Crippen LogP) is 12.3. The molecule has 0 aromatic carbocycles. The molecule has 4 aliphatic rings. The Labute approximate surface area is 227 Å². The van der Waals surface area contributed by atoms with Crippen LogP contribution in [0.5, 0.6) is 0 Å². The lowest BCUT2D eigenvalue weighted by Gasteiger charge is -2.48. The Bertz CT molecular complexity index is 513. The van der Waals surface area contributed by atoms with E-state index < -0.39 is 0 Å². The van der Waals surface area contributed by atoms with Gasteiger partial charge < -0.3 is 0 Å². The van der Waals surface area contributed by atoms with Gasteiger partial charge in [0.05, 0.1) is 0 Å². The molecule has 210 valence electrons. The quantitative estimate of drug-likeness (QED) is 0.221. The zero-order valence-electron chi connectivity index (χ0n) is 25.1. The van der Waals surface area contributed by atoms with Crippen LogP contribution in [-0.2, 0) is 0 Å². The van der Waals surface area contributed by atoms with Crippen LogP contribution in [0.25, 0.3) is 0 Å². The third kappa shape index (κ3) is 9.04. The lowest BCUT2D eigenvalue weighted by Crippen LogP contribution is -2.36. The summed E-state index contributed by atoms with van der Waals surface area (Å²) in [5.74, 6) is 6.51. The summed E-state index contributed by atoms with van der Waals surface area (Å²) in [6.07, 6.45) is 41.8. The van der Waals surface area contributed by atoms with Gasteiger partial charge in [-0.2, -0.15) is 0 Å². The van der Waals surface area contributed by atoms with Gasteiger partial charge >= 0.3 is 0 Å². The van der Waals surface area contributed by atoms with Crippen molar-refractivity contribution in [1.82, 2.24) is 0 Å². The van der Waals surface area contributed by atoms with Crippen LogP contribution in [0.4, 0.5) is 0 Å². The summed E-state index contributed by atoms with van der Waals surface area (Å²) in [5.41, 5.74) is 0.741. The summed E-state index contributed by atoms with van der Waals surface area (Å²) in [6.45, 7) is 4.72. The maximum absolute atomic E-state index is 2.36. The molecular weight excluding hydrogens is 432 g/mol. The van der Waals surface area contributed by atoms with E-state index in [9.17, 15) is 0 Å². The predicted molar refractivity (Wildman–Crippen MR) is 159 cm³/mol. The van der Waals surface area contributed by atoms with E-state index in [2.05, 4.69) is 13.8 Å². The molecule has 36 heavy (non-hydrogen) atoms. The van der Waals surface area contributed by atoms with Crippen LogP contribution in [0.1, 0.15) is 187 Å². The molecule has 0 amide bonds. The molecule has 0 aromatic rings. The first kappa shape index (κ1) is 29.0. The monoisotopic (exact) mass is 499 g/mol. The minimum absolute atomic E-state index is 0.741. The van der Waals surface area contributed by atoms with Gasteiger partial charge in [-0.1, -0.05) is 149 Å². The van der Waals surface area contributed by atoms with Crippen LogP contribution in [-0.4, -0.2) is 0 Å². The van der Waals surface area contributed by atoms with Crippen molar-refractivity contribution in [3.63, 3.8) is 0 Å². The van der Waals surface area contributed by atoms with Crippen LogP contribution >= 0.6 is 0 Å². The number of hydrogen-bond donors (Lipinski definition) is 0. The normalized spacial score (nSPS) is 36.7. The highest BCUT2D eigenvalue weighted by Crippen LogP contribution is 2.54. The number of unbranched alkanes of at least 4 members (excludes halogenated alkanes) is 4. The van der Waals surface area contributed by atoms with Gasteiger partial charge in [-0.25, -0.2) is 0 Å². The third-order valence-electron chi connectivity index (χ3n) is 12.2. The first-order valence-corrected chi connectivity index (χ1v) is 17.7. The second kappa shape index (κ2) is 15.6. The molecule has 0 heterocycles. The largest absolute Gasteiger partial charge is 0.0654 e. The van der Waals surface area contributed by atoms with Gasteiger partial charge in [0.15, 0.2) is 0 Å². The average molecular weight is 499 g/mol. The Hall–Kier alpha value is 0. The van der Waals surface area contributed by atoms with Crippen molar-refractivity contribution in [1.29, 1.82) is 0 Å². The highest BCUT2D eigenvalue weighted by Gasteiger charge is 2.41. The SMILES string of the molecule is CCCCCC1CCC(CC2(CC3CCC(CCCCC)CC3)CCC(C3CCCCC3)CC2)CC1. The van der Waals surface area contributed by atoms with E-state index in [0.29, 0.717) is 0 Å². The summed E-state index contributed by atoms with van der Waals surface area (Å²) >= 11 is 0. The van der Waals surface area contributed by atoms with Crippen LogP contribution in [0.15, 0.2) is 0 Å². The fraction of sp³-hybridized carbons (Fsp3) is 1.00. The summed E-state index contributed by atoms with van der Waals surface area (Å²) < 4.78 is 0. The summed E-state index contributed by atoms with van der Waals surface area (Å²) in [7, 11) is 0. The molecule has 0 aliphatic heterocycles. The van der Waals surface area contributed by atoms with E-state index in [4.69, 9.17) is 0 Å². The fourth-order valence-corrected chi connectivity index (χ4v) is 9.86. The van der Waals surface area contributed by atoms with Gasteiger partial charge in [-0.15, -0.1) is 0 Å². The Morgan fingerprint density at radius 3 is 1.31 bits per heavy atom. The summed E-state index contributed by atoms with van der Waals surface area (Å²) in [5, 5.41) is 0. The van der Waals surface area contributed by atoms with E-state index in [1.807, 2.05) is 0 Å². The smallest absolute Gasteiger partial charge is 0.0292 e. The van der Waals surface area contributed by atoms with Crippen molar-refractivity contribution in [2.75, 3.05) is 0 Å². The molecule has 0 nitrogen and oxygen atoms in total. The Morgan fingerprint density at radius 2 is 0.861 bits per heavy atom. The van der Waals surface area contributed by atoms with Crippen molar-refractivity contribution in [3.05, 3.63) is 0 Å². The molecule has 0 unspecified atom stereocenters. The van der Waals surface area contributed by atoms with Crippen LogP contribution in [0, 0.1) is 40.9 Å². The van der Waals surface area contributed by atoms with Crippen molar-refractivity contribution >= 4 is 0 Å². The van der Waals surface area contributed by atoms with Gasteiger partial charge in [0.2, 0.25) is 0 Å². The topological polar surface area (TPSA) is 0 Å². The van der Waals surface area contributed by atoms with Gasteiger partial charge in [-0.05, 0) is 79.4 Å². The van der Waals surface area contributed by atoms with Gasteiger partial charge in [0.25, 0.3) is 0 Å². The highest BCUT2D eigenvalue weighted by molar-refractivity contribution is 4.93. The molecule has 0 radical (unpaired) electrons. The average Bonchev–Trinajstić information content (AvgIpc) is 2.92. The molecule has 4 rings (SSSR count). The molecule has 4 saturated carbocycles. The van der Waals surface area contributed by atoms with E-state index in [1.165, 1.54) is 70.6 Å². The molecule has 0 bridgehead atoms. The van der Waals surface area contributed by atoms with Crippen molar-refractivity contribution in [3.8, 4) is 0 Å². The fourth-order valence-electron chi connectivity index (χ4n) is 9.86. The van der Waals surface area contributed by atoms with Gasteiger partial charge in [0, 0.05) is 0 Å². The molecule has 4 aliphatic carbocycles. The van der Waals surface area contributed by atoms with E-state index in [1.54, 1.807) is 103 Å². The Morgan fingerprint density at radius 1 is 0.444 bits per heavy atom. The van der Waals surface area contributed by atoms with E-state index in [0.717, 1.165) is 40.9 Å². The maximum atomic E-state index is 2.36. The van der Waals surface area contributed by atoms with Gasteiger partial charge in [-0.3, -0.25) is 0 Å². The second-order valence-corrected chi connectivity index (χ2v) is 14.9. The highest BCUT2D eigenvalue weighted by atomic mass is 14.5. The lowest BCUT2D eigenvalue weighted by molar-refractivity contribution is 0.0376. The zero-order valence-corrected chi connectivity index (χ0v) is 25.1. The van der Waals surface area contributed by atoms with Gasteiger partial charge in [0.1, 0.15) is 0 Å². The van der Waals surface area contributed by atoms with Crippen LogP contribution < -0.4 is 0 Å². The Balaban J connectivity index is 1.29. The first-order chi connectivity index (χ1) is 17.7.